The van der Waals surface area contributed by atoms with Gasteiger partial charge in [0.1, 0.15) is 11.3 Å². The Balaban J connectivity index is 1.91. The van der Waals surface area contributed by atoms with Crippen molar-refractivity contribution in [1.82, 2.24) is 19.4 Å². The third-order valence-corrected chi connectivity index (χ3v) is 5.95. The van der Waals surface area contributed by atoms with Gasteiger partial charge in [-0.05, 0) is 18.9 Å². The predicted octanol–water partition coefficient (Wildman–Crippen LogP) is 6.05. The van der Waals surface area contributed by atoms with Crippen molar-refractivity contribution in [3.63, 3.8) is 0 Å². The molecule has 0 N–H and O–H groups in total. The smallest absolute Gasteiger partial charge is 0.270 e. The van der Waals surface area contributed by atoms with E-state index in [9.17, 15) is 4.79 Å². The van der Waals surface area contributed by atoms with Gasteiger partial charge in [-0.15, -0.1) is 0 Å². The molecule has 34 heavy (non-hydrogen) atoms. The van der Waals surface area contributed by atoms with Crippen LogP contribution in [0.4, 0.5) is 5.95 Å². The van der Waals surface area contributed by atoms with Crippen LogP contribution in [-0.4, -0.2) is 45.1 Å². The number of carbonyl (C=O) groups excluding carboxylic acids is 1. The molecule has 4 rings (SSSR count). The monoisotopic (exact) mass is 453 g/mol. The lowest BCUT2D eigenvalue weighted by molar-refractivity contribution is 0.0814. The first kappa shape index (κ1) is 23.4. The van der Waals surface area contributed by atoms with E-state index >= 15 is 0 Å². The molecule has 0 radical (unpaired) electrons. The third-order valence-electron chi connectivity index (χ3n) is 5.95. The lowest BCUT2D eigenvalue weighted by atomic mass is 10.0. The van der Waals surface area contributed by atoms with E-state index in [1.807, 2.05) is 66.7 Å². The van der Waals surface area contributed by atoms with Gasteiger partial charge >= 0.3 is 0 Å². The first-order valence-electron chi connectivity index (χ1n) is 11.8. The fourth-order valence-corrected chi connectivity index (χ4v) is 4.25. The molecule has 1 unspecified atom stereocenters. The SMILES string of the molecule is CCCC(CC)n1c(C(=O)N(C)C)cc2cnc(N=C(c3ccccc3)c3ccccc3)nc21. The van der Waals surface area contributed by atoms with Crippen LogP contribution in [0.15, 0.2) is 77.9 Å². The van der Waals surface area contributed by atoms with Crippen LogP contribution in [0.3, 0.4) is 0 Å². The van der Waals surface area contributed by atoms with Gasteiger partial charge in [-0.2, -0.15) is 4.98 Å². The molecule has 1 amide bonds. The molecule has 0 spiro atoms. The number of benzene rings is 2. The van der Waals surface area contributed by atoms with Crippen LogP contribution in [0, 0.1) is 0 Å². The van der Waals surface area contributed by atoms with Gasteiger partial charge in [-0.3, -0.25) is 4.79 Å². The zero-order valence-corrected chi connectivity index (χ0v) is 20.3. The second-order valence-electron chi connectivity index (χ2n) is 8.59. The summed E-state index contributed by atoms with van der Waals surface area (Å²) < 4.78 is 2.09. The van der Waals surface area contributed by atoms with Crippen molar-refractivity contribution < 1.29 is 4.79 Å². The molecule has 174 valence electrons. The average molecular weight is 454 g/mol. The number of hydrogen-bond acceptors (Lipinski definition) is 4. The number of nitrogens with zero attached hydrogens (tertiary/aromatic N) is 5. The Kier molecular flexibility index (Phi) is 7.16. The van der Waals surface area contributed by atoms with Crippen LogP contribution in [-0.2, 0) is 0 Å². The van der Waals surface area contributed by atoms with Crippen molar-refractivity contribution >= 4 is 28.6 Å². The Morgan fingerprint density at radius 2 is 1.62 bits per heavy atom. The summed E-state index contributed by atoms with van der Waals surface area (Å²) in [5, 5.41) is 0.847. The van der Waals surface area contributed by atoms with Crippen LogP contribution < -0.4 is 0 Å². The Morgan fingerprint density at radius 3 is 2.15 bits per heavy atom. The van der Waals surface area contributed by atoms with Crippen molar-refractivity contribution in [2.45, 2.75) is 39.2 Å². The lowest BCUT2D eigenvalue weighted by Crippen LogP contribution is -2.26. The predicted molar refractivity (Wildman–Crippen MR) is 138 cm³/mol. The molecule has 0 aliphatic rings. The normalized spacial score (nSPS) is 11.9. The highest BCUT2D eigenvalue weighted by Crippen LogP contribution is 2.29. The fraction of sp³-hybridized carbons (Fsp3) is 0.286. The number of aliphatic imine (C=N–C) groups is 1. The molecule has 0 fully saturated rings. The van der Waals surface area contributed by atoms with Gasteiger partial charge in [-0.25, -0.2) is 9.98 Å². The quantitative estimate of drug-likeness (QED) is 0.305. The maximum atomic E-state index is 13.0. The largest absolute Gasteiger partial charge is 0.343 e. The first-order valence-corrected chi connectivity index (χ1v) is 11.8. The van der Waals surface area contributed by atoms with E-state index in [4.69, 9.17) is 9.98 Å². The van der Waals surface area contributed by atoms with Crippen molar-refractivity contribution in [3.05, 3.63) is 89.7 Å². The van der Waals surface area contributed by atoms with Crippen molar-refractivity contribution in [1.29, 1.82) is 0 Å². The van der Waals surface area contributed by atoms with Gasteiger partial charge in [0.25, 0.3) is 11.9 Å². The molecule has 0 aliphatic carbocycles. The minimum Gasteiger partial charge on any atom is -0.343 e. The zero-order valence-electron chi connectivity index (χ0n) is 20.3. The Labute approximate surface area is 201 Å². The topological polar surface area (TPSA) is 63.4 Å². The molecule has 2 aromatic heterocycles. The average Bonchev–Trinajstić information content (AvgIpc) is 3.24. The van der Waals surface area contributed by atoms with E-state index in [1.165, 1.54) is 0 Å². The van der Waals surface area contributed by atoms with Gasteiger partial charge in [0.15, 0.2) is 0 Å². The molecule has 0 saturated carbocycles. The fourth-order valence-electron chi connectivity index (χ4n) is 4.25. The van der Waals surface area contributed by atoms with E-state index in [-0.39, 0.29) is 11.9 Å². The van der Waals surface area contributed by atoms with Crippen LogP contribution in [0.2, 0.25) is 0 Å². The summed E-state index contributed by atoms with van der Waals surface area (Å²) in [5.41, 5.74) is 4.19. The van der Waals surface area contributed by atoms with Gasteiger partial charge in [0.05, 0.1) is 5.71 Å². The van der Waals surface area contributed by atoms with Crippen LogP contribution in [0.25, 0.3) is 11.0 Å². The van der Waals surface area contributed by atoms with Crippen LogP contribution in [0.5, 0.6) is 0 Å². The second-order valence-corrected chi connectivity index (χ2v) is 8.59. The number of rotatable bonds is 8. The summed E-state index contributed by atoms with van der Waals surface area (Å²) in [6.45, 7) is 4.32. The summed E-state index contributed by atoms with van der Waals surface area (Å²) in [7, 11) is 3.55. The highest BCUT2D eigenvalue weighted by molar-refractivity contribution is 6.13. The van der Waals surface area contributed by atoms with Crippen molar-refractivity contribution in [3.8, 4) is 0 Å². The number of hydrogen-bond donors (Lipinski definition) is 0. The highest BCUT2D eigenvalue weighted by Gasteiger charge is 2.23. The van der Waals surface area contributed by atoms with E-state index in [0.29, 0.717) is 11.6 Å². The Hall–Kier alpha value is -3.80. The maximum Gasteiger partial charge on any atom is 0.270 e. The molecule has 6 heteroatoms. The van der Waals surface area contributed by atoms with Gasteiger partial charge in [0, 0.05) is 42.8 Å². The zero-order chi connectivity index (χ0) is 24.1. The Bertz CT molecular complexity index is 1250. The number of aromatic nitrogens is 3. The summed E-state index contributed by atoms with van der Waals surface area (Å²) in [6, 6.07) is 22.2. The van der Waals surface area contributed by atoms with Gasteiger partial charge in [0.2, 0.25) is 0 Å². The first-order chi connectivity index (χ1) is 16.5. The molecular weight excluding hydrogens is 422 g/mol. The standard InChI is InChI=1S/C28H31N5O/c1-5-13-23(6-2)33-24(27(34)32(3)4)18-22-19-29-28(31-26(22)33)30-25(20-14-9-7-10-15-20)21-16-11-8-12-17-21/h7-12,14-19,23H,5-6,13H2,1-4H3. The lowest BCUT2D eigenvalue weighted by Gasteiger charge is -2.21. The van der Waals surface area contributed by atoms with Gasteiger partial charge < -0.3 is 9.47 Å². The second kappa shape index (κ2) is 10.4. The van der Waals surface area contributed by atoms with Crippen LogP contribution in [0.1, 0.15) is 60.8 Å². The molecule has 1 atom stereocenters. The Morgan fingerprint density at radius 1 is 1.00 bits per heavy atom. The molecule has 2 aromatic carbocycles. The van der Waals surface area contributed by atoms with Crippen molar-refractivity contribution in [2.75, 3.05) is 14.1 Å². The summed E-state index contributed by atoms with van der Waals surface area (Å²) >= 11 is 0. The molecule has 0 saturated heterocycles. The highest BCUT2D eigenvalue weighted by atomic mass is 16.2. The van der Waals surface area contributed by atoms with Crippen molar-refractivity contribution in [2.24, 2.45) is 4.99 Å². The minimum absolute atomic E-state index is 0.0353. The summed E-state index contributed by atoms with van der Waals surface area (Å²) in [4.78, 5) is 29.0. The molecule has 6 nitrogen and oxygen atoms in total. The maximum absolute atomic E-state index is 13.0. The molecule has 0 aliphatic heterocycles. The number of fused-ring (bicyclic) bond motifs is 1. The number of carbonyl (C=O) groups is 1. The summed E-state index contributed by atoms with van der Waals surface area (Å²) in [6.07, 6.45) is 4.68. The van der Waals surface area contributed by atoms with E-state index < -0.39 is 0 Å². The molecule has 2 heterocycles. The minimum atomic E-state index is -0.0353. The van der Waals surface area contributed by atoms with E-state index in [0.717, 1.165) is 47.1 Å². The van der Waals surface area contributed by atoms with E-state index in [1.54, 1.807) is 25.2 Å². The van der Waals surface area contributed by atoms with Gasteiger partial charge in [-0.1, -0.05) is 80.9 Å². The van der Waals surface area contributed by atoms with E-state index in [2.05, 4.69) is 23.4 Å². The molecule has 0 bridgehead atoms. The number of amides is 1. The molecular formula is C28H31N5O. The van der Waals surface area contributed by atoms with Crippen LogP contribution >= 0.6 is 0 Å². The summed E-state index contributed by atoms with van der Waals surface area (Å²) in [5.74, 6) is 0.344. The third kappa shape index (κ3) is 4.76. The molecule has 4 aromatic rings.